The van der Waals surface area contributed by atoms with Crippen molar-refractivity contribution < 1.29 is 34.3 Å². The molecule has 0 spiro atoms. The number of aliphatic hydroxyl groups excluding tert-OH is 1. The number of hydrogen-bond acceptors (Lipinski definition) is 11. The number of rotatable bonds is 11. The van der Waals surface area contributed by atoms with Crippen LogP contribution in [0, 0.1) is 29.1 Å². The number of phenols is 2. The van der Waals surface area contributed by atoms with Crippen LogP contribution in [0.1, 0.15) is 69.9 Å². The summed E-state index contributed by atoms with van der Waals surface area (Å²) in [5.74, 6) is 3.59. The van der Waals surface area contributed by atoms with Crippen LogP contribution in [-0.4, -0.2) is 85.4 Å². The lowest BCUT2D eigenvalue weighted by atomic mass is 9.70. The lowest BCUT2D eigenvalue weighted by molar-refractivity contribution is -0.125. The summed E-state index contributed by atoms with van der Waals surface area (Å²) in [6.07, 6.45) is 9.92. The molecule has 2 bridgehead atoms. The molecular weight excluding hydrogens is 725 g/mol. The monoisotopic (exact) mass is 784 g/mol. The van der Waals surface area contributed by atoms with E-state index in [1.165, 1.54) is 7.11 Å². The number of aromatic hydroxyl groups is 2. The Hall–Kier alpha value is -3.10. The van der Waals surface area contributed by atoms with Gasteiger partial charge in [-0.15, -0.1) is 0 Å². The van der Waals surface area contributed by atoms with Crippen molar-refractivity contribution in [1.82, 2.24) is 10.6 Å². The van der Waals surface area contributed by atoms with Crippen molar-refractivity contribution in [3.63, 3.8) is 0 Å². The third kappa shape index (κ3) is 10.2. The van der Waals surface area contributed by atoms with Crippen LogP contribution in [0.5, 0.6) is 23.0 Å². The van der Waals surface area contributed by atoms with Crippen LogP contribution >= 0.6 is 21.6 Å². The van der Waals surface area contributed by atoms with Crippen molar-refractivity contribution in [2.45, 2.75) is 83.5 Å². The van der Waals surface area contributed by atoms with Crippen molar-refractivity contribution in [3.05, 3.63) is 53.6 Å². The molecule has 1 heterocycles. The lowest BCUT2D eigenvalue weighted by Gasteiger charge is -2.34. The Balaban J connectivity index is 1.50. The number of benzene rings is 2. The molecule has 0 aromatic heterocycles. The molecule has 11 nitrogen and oxygen atoms in total. The van der Waals surface area contributed by atoms with Gasteiger partial charge in [0.15, 0.2) is 41.0 Å². The second-order valence-corrected chi connectivity index (χ2v) is 18.0. The fourth-order valence-electron chi connectivity index (χ4n) is 8.56. The maximum atomic E-state index is 14.6. The predicted octanol–water partition coefficient (Wildman–Crippen LogP) is 6.91. The number of aliphatic hydroxyl groups is 1. The lowest BCUT2D eigenvalue weighted by Crippen LogP contribution is -2.43. The van der Waals surface area contributed by atoms with E-state index >= 15 is 0 Å². The van der Waals surface area contributed by atoms with Crippen molar-refractivity contribution in [1.29, 1.82) is 0 Å². The number of anilines is 1. The maximum Gasteiger partial charge on any atom is 0.196 e. The average molecular weight is 785 g/mol. The van der Waals surface area contributed by atoms with Gasteiger partial charge < -0.3 is 45.5 Å². The summed E-state index contributed by atoms with van der Waals surface area (Å²) in [4.78, 5) is 19.1. The summed E-state index contributed by atoms with van der Waals surface area (Å²) < 4.78 is 17.4. The molecule has 54 heavy (non-hydrogen) atoms. The molecule has 2 saturated carbocycles. The van der Waals surface area contributed by atoms with Crippen LogP contribution < -0.4 is 25.4 Å². The van der Waals surface area contributed by atoms with Gasteiger partial charge in [0.1, 0.15) is 5.60 Å². The topological polar surface area (TPSA) is 154 Å². The number of carbonyl (C=O) groups excluding carboxylic acids is 1. The molecule has 0 amide bonds. The Bertz CT molecular complexity index is 1640. The molecule has 6 atom stereocenters. The van der Waals surface area contributed by atoms with E-state index < -0.39 is 17.3 Å². The Labute approximate surface area is 328 Å². The number of aliphatic imine (C=N–C) groups is 1. The Kier molecular flexibility index (Phi) is 14.9. The molecule has 298 valence electrons. The summed E-state index contributed by atoms with van der Waals surface area (Å²) in [7, 11) is 10.1. The molecule has 0 unspecified atom stereocenters. The fourth-order valence-corrected chi connectivity index (χ4v) is 10.8. The second-order valence-electron chi connectivity index (χ2n) is 15.5. The minimum atomic E-state index is -0.827. The third-order valence-corrected chi connectivity index (χ3v) is 13.8. The fraction of sp³-hybridized carbons (Fsp3) is 0.610. The zero-order valence-electron chi connectivity index (χ0n) is 32.7. The molecule has 13 heteroatoms. The number of likely N-dealkylation sites (N-methyl/N-ethyl adjacent to an activating group) is 1. The second kappa shape index (κ2) is 19.2. The number of guanidine groups is 1. The first-order valence-electron chi connectivity index (χ1n) is 19.2. The minimum Gasteiger partial charge on any atom is -0.504 e. The smallest absolute Gasteiger partial charge is 0.196 e. The van der Waals surface area contributed by atoms with Gasteiger partial charge in [0.05, 0.1) is 18.7 Å². The van der Waals surface area contributed by atoms with Crippen LogP contribution in [0.25, 0.3) is 0 Å². The van der Waals surface area contributed by atoms with Crippen LogP contribution in [0.15, 0.2) is 47.5 Å². The largest absolute Gasteiger partial charge is 0.504 e. The van der Waals surface area contributed by atoms with Crippen LogP contribution in [0.2, 0.25) is 0 Å². The minimum absolute atomic E-state index is 0.00458. The van der Waals surface area contributed by atoms with E-state index in [2.05, 4.69) is 40.9 Å². The van der Waals surface area contributed by atoms with E-state index in [0.717, 1.165) is 49.0 Å². The summed E-state index contributed by atoms with van der Waals surface area (Å²) in [5.41, 5.74) is 1.27. The van der Waals surface area contributed by atoms with Gasteiger partial charge in [0.25, 0.3) is 0 Å². The van der Waals surface area contributed by atoms with E-state index in [1.807, 2.05) is 37.4 Å². The Morgan fingerprint density at radius 2 is 1.91 bits per heavy atom. The van der Waals surface area contributed by atoms with Crippen LogP contribution in [0.4, 0.5) is 5.69 Å². The van der Waals surface area contributed by atoms with Crippen molar-refractivity contribution in [3.8, 4) is 23.0 Å². The quantitative estimate of drug-likeness (QED) is 0.0798. The van der Waals surface area contributed by atoms with Gasteiger partial charge in [0, 0.05) is 38.3 Å². The SMILES string of the molecule is CN=C1NCSSC[C@H]2CCC[C@]2(Cc2ccc(O)c(OC)c2)C(=O)C=C[C@@H](C(C)C)Cc2cc(c(O)c(O[C@]3(CNC)CC[C@H](C[C@H](O)OC)C3)c2)N1. The number of fused-ring (bicyclic) bond motifs is 3. The Morgan fingerprint density at radius 1 is 1.09 bits per heavy atom. The molecule has 2 fully saturated rings. The van der Waals surface area contributed by atoms with E-state index in [0.29, 0.717) is 61.3 Å². The van der Waals surface area contributed by atoms with Crippen molar-refractivity contribution in [2.75, 3.05) is 51.8 Å². The molecule has 1 aliphatic heterocycles. The summed E-state index contributed by atoms with van der Waals surface area (Å²) in [5, 5.41) is 42.2. The number of methoxy groups -OCH3 is 2. The number of carbonyl (C=O) groups is 1. The number of allylic oxidation sites excluding steroid dienone is 2. The highest BCUT2D eigenvalue weighted by Crippen LogP contribution is 2.50. The predicted molar refractivity (Wildman–Crippen MR) is 220 cm³/mol. The highest BCUT2D eigenvalue weighted by molar-refractivity contribution is 8.76. The van der Waals surface area contributed by atoms with E-state index in [1.54, 1.807) is 41.8 Å². The number of hydrogen-bond donors (Lipinski definition) is 6. The summed E-state index contributed by atoms with van der Waals surface area (Å²) >= 11 is 0. The number of ketones is 1. The van der Waals surface area contributed by atoms with Gasteiger partial charge in [-0.2, -0.15) is 0 Å². The first-order chi connectivity index (χ1) is 25.9. The summed E-state index contributed by atoms with van der Waals surface area (Å²) in [6.45, 7) is 4.92. The molecule has 0 saturated heterocycles. The van der Waals surface area contributed by atoms with E-state index in [4.69, 9.17) is 14.2 Å². The highest BCUT2D eigenvalue weighted by atomic mass is 33.1. The van der Waals surface area contributed by atoms with Crippen molar-refractivity contribution in [2.24, 2.45) is 34.1 Å². The molecule has 6 N–H and O–H groups in total. The molecule has 0 radical (unpaired) electrons. The molecule has 2 aromatic carbocycles. The first kappa shape index (κ1) is 42.1. The molecule has 3 aliphatic rings. The molecular formula is C41H60N4O7S2. The van der Waals surface area contributed by atoms with Crippen LogP contribution in [0.3, 0.4) is 0 Å². The normalized spacial score (nSPS) is 28.0. The zero-order valence-corrected chi connectivity index (χ0v) is 34.3. The van der Waals surface area contributed by atoms with Crippen LogP contribution in [-0.2, 0) is 22.4 Å². The average Bonchev–Trinajstić information content (AvgIpc) is 3.74. The molecule has 5 rings (SSSR count). The first-order valence-corrected chi connectivity index (χ1v) is 21.6. The third-order valence-electron chi connectivity index (χ3n) is 11.6. The number of nitrogens with zero attached hydrogens (tertiary/aromatic N) is 1. The van der Waals surface area contributed by atoms with Gasteiger partial charge in [0.2, 0.25) is 0 Å². The number of phenolic OH excluding ortho intramolecular Hbond substituents is 2. The zero-order chi connectivity index (χ0) is 38.9. The number of ether oxygens (including phenoxy) is 3. The highest BCUT2D eigenvalue weighted by Gasteiger charge is 2.47. The van der Waals surface area contributed by atoms with E-state index in [9.17, 15) is 20.1 Å². The van der Waals surface area contributed by atoms with Gasteiger partial charge in [-0.3, -0.25) is 9.79 Å². The van der Waals surface area contributed by atoms with Crippen molar-refractivity contribution >= 4 is 39.0 Å². The molecule has 2 aliphatic carbocycles. The molecule has 2 aromatic rings. The van der Waals surface area contributed by atoms with E-state index in [-0.39, 0.29) is 41.0 Å². The standard InChI is InChI=1S/C41H60N4O7S2/c1-26(2)30-10-12-36(47)41(22-27-9-11-33(46)34(18-27)50-5)14-7-8-31(41)23-53-54-25-44-39(43-4)45-32-17-29(16-30)19-35(38(32)49)52-40(24-42-3)15-13-28(21-40)20-37(48)51-6/h9-12,17-19,26,28,30-31,37,42,46,48-49H,7-8,13-16,20-25H2,1-6H3,(H2,43,44,45)/t28-,30-,31-,37-,40-,41-/m1/s1. The van der Waals surface area contributed by atoms with Gasteiger partial charge in [-0.25, -0.2) is 0 Å². The Morgan fingerprint density at radius 3 is 2.63 bits per heavy atom. The van der Waals surface area contributed by atoms with Gasteiger partial charge in [-0.05, 0) is 117 Å². The number of nitrogens with one attached hydrogen (secondary N) is 3. The van der Waals surface area contributed by atoms with Gasteiger partial charge >= 0.3 is 0 Å². The summed E-state index contributed by atoms with van der Waals surface area (Å²) in [6, 6.07) is 9.30. The van der Waals surface area contributed by atoms with Gasteiger partial charge in [-0.1, -0.05) is 54.0 Å². The maximum absolute atomic E-state index is 14.6.